The van der Waals surface area contributed by atoms with Crippen molar-refractivity contribution >= 4 is 0 Å². The van der Waals surface area contributed by atoms with Crippen LogP contribution in [0.25, 0.3) is 0 Å². The van der Waals surface area contributed by atoms with Gasteiger partial charge in [-0.25, -0.2) is 4.98 Å². The predicted octanol–water partition coefficient (Wildman–Crippen LogP) is 2.45. The first-order valence-corrected chi connectivity index (χ1v) is 9.42. The van der Waals surface area contributed by atoms with Crippen molar-refractivity contribution in [2.45, 2.75) is 31.8 Å². The van der Waals surface area contributed by atoms with E-state index in [1.165, 1.54) is 5.56 Å². The van der Waals surface area contributed by atoms with Gasteiger partial charge in [0.05, 0.1) is 20.0 Å². The highest BCUT2D eigenvalue weighted by molar-refractivity contribution is 5.27. The van der Waals surface area contributed by atoms with Gasteiger partial charge in [0.2, 0.25) is 0 Å². The molecule has 0 amide bonds. The number of piperidine rings is 1. The Bertz CT molecular complexity index is 847. The molecule has 1 aliphatic rings. The molecule has 0 atom stereocenters. The van der Waals surface area contributed by atoms with Gasteiger partial charge in [-0.3, -0.25) is 4.90 Å². The third-order valence-electron chi connectivity index (χ3n) is 5.40. The van der Waals surface area contributed by atoms with E-state index in [9.17, 15) is 0 Å². The van der Waals surface area contributed by atoms with Crippen molar-refractivity contribution in [1.82, 2.24) is 29.2 Å². The molecule has 1 aromatic carbocycles. The fraction of sp³-hybridized carbons (Fsp3) is 0.450. The fourth-order valence-electron chi connectivity index (χ4n) is 3.75. The number of hydrogen-bond donors (Lipinski definition) is 0. The summed E-state index contributed by atoms with van der Waals surface area (Å²) in [6, 6.07) is 8.36. The van der Waals surface area contributed by atoms with E-state index in [1.807, 2.05) is 29.2 Å². The third-order valence-corrected chi connectivity index (χ3v) is 5.40. The highest BCUT2D eigenvalue weighted by atomic mass is 16.5. The molecule has 0 aliphatic carbocycles. The number of nitrogens with zero attached hydrogens (tertiary/aromatic N) is 6. The minimum atomic E-state index is 0.478. The van der Waals surface area contributed by atoms with E-state index in [-0.39, 0.29) is 0 Å². The minimum absolute atomic E-state index is 0.478. The molecule has 0 saturated carbocycles. The lowest BCUT2D eigenvalue weighted by molar-refractivity contribution is 0.200. The van der Waals surface area contributed by atoms with E-state index in [0.717, 1.165) is 49.9 Å². The molecule has 2 aromatic heterocycles. The maximum atomic E-state index is 5.23. The van der Waals surface area contributed by atoms with Gasteiger partial charge in [0, 0.05) is 31.9 Å². The Hall–Kier alpha value is -2.67. The molecule has 142 valence electrons. The quantitative estimate of drug-likeness (QED) is 0.671. The molecule has 0 unspecified atom stereocenters. The molecule has 0 bridgehead atoms. The molecule has 7 heteroatoms. The first-order chi connectivity index (χ1) is 13.2. The average molecular weight is 366 g/mol. The standard InChI is InChI=1S/C20H26N6O/c1-24-19(14-26-12-9-21-15-26)22-23-20(24)17-7-10-25(11-8-17)13-16-3-5-18(27-2)6-4-16/h3-6,9,12,15,17H,7-8,10-11,13-14H2,1-2H3. The van der Waals surface area contributed by atoms with E-state index in [1.54, 1.807) is 13.3 Å². The van der Waals surface area contributed by atoms with Gasteiger partial charge < -0.3 is 13.9 Å². The first kappa shape index (κ1) is 17.7. The molecular formula is C20H26N6O. The van der Waals surface area contributed by atoms with Crippen molar-refractivity contribution in [2.24, 2.45) is 7.05 Å². The maximum absolute atomic E-state index is 5.23. The summed E-state index contributed by atoms with van der Waals surface area (Å²) in [6.07, 6.45) is 7.79. The minimum Gasteiger partial charge on any atom is -0.497 e. The molecule has 3 aromatic rings. The Morgan fingerprint density at radius 1 is 1.07 bits per heavy atom. The summed E-state index contributed by atoms with van der Waals surface area (Å²) < 4.78 is 9.41. The summed E-state index contributed by atoms with van der Waals surface area (Å²) in [7, 11) is 3.78. The number of aromatic nitrogens is 5. The van der Waals surface area contributed by atoms with Crippen molar-refractivity contribution in [3.63, 3.8) is 0 Å². The smallest absolute Gasteiger partial charge is 0.152 e. The topological polar surface area (TPSA) is 61.0 Å². The van der Waals surface area contributed by atoms with Crippen molar-refractivity contribution < 1.29 is 4.74 Å². The summed E-state index contributed by atoms with van der Waals surface area (Å²) in [5.74, 6) is 3.47. The van der Waals surface area contributed by atoms with Gasteiger partial charge in [0.15, 0.2) is 5.82 Å². The lowest BCUT2D eigenvalue weighted by Crippen LogP contribution is -2.33. The Labute approximate surface area is 159 Å². The van der Waals surface area contributed by atoms with Crippen molar-refractivity contribution in [3.05, 3.63) is 60.2 Å². The molecule has 0 radical (unpaired) electrons. The van der Waals surface area contributed by atoms with E-state index < -0.39 is 0 Å². The molecule has 7 nitrogen and oxygen atoms in total. The summed E-state index contributed by atoms with van der Waals surface area (Å²) in [5, 5.41) is 8.90. The van der Waals surface area contributed by atoms with Crippen LogP contribution in [0.4, 0.5) is 0 Å². The molecule has 0 spiro atoms. The number of methoxy groups -OCH3 is 1. The molecule has 1 saturated heterocycles. The highest BCUT2D eigenvalue weighted by Gasteiger charge is 2.25. The van der Waals surface area contributed by atoms with Crippen molar-refractivity contribution in [2.75, 3.05) is 20.2 Å². The zero-order valence-electron chi connectivity index (χ0n) is 16.0. The highest BCUT2D eigenvalue weighted by Crippen LogP contribution is 2.28. The Morgan fingerprint density at radius 3 is 2.52 bits per heavy atom. The fourth-order valence-corrected chi connectivity index (χ4v) is 3.75. The zero-order chi connectivity index (χ0) is 18.6. The lowest BCUT2D eigenvalue weighted by atomic mass is 9.95. The van der Waals surface area contributed by atoms with Crippen LogP contribution in [-0.2, 0) is 20.1 Å². The number of imidazole rings is 1. The number of rotatable bonds is 6. The number of hydrogen-bond acceptors (Lipinski definition) is 5. The van der Waals surface area contributed by atoms with Crippen LogP contribution in [-0.4, -0.2) is 49.4 Å². The molecule has 1 fully saturated rings. The van der Waals surface area contributed by atoms with Gasteiger partial charge in [0.25, 0.3) is 0 Å². The Kier molecular flexibility index (Phi) is 5.20. The van der Waals surface area contributed by atoms with Crippen LogP contribution in [0, 0.1) is 0 Å². The van der Waals surface area contributed by atoms with E-state index in [4.69, 9.17) is 4.74 Å². The molecule has 27 heavy (non-hydrogen) atoms. The lowest BCUT2D eigenvalue weighted by Gasteiger charge is -2.31. The van der Waals surface area contributed by atoms with Crippen LogP contribution in [0.5, 0.6) is 5.75 Å². The van der Waals surface area contributed by atoms with Crippen molar-refractivity contribution in [3.8, 4) is 5.75 Å². The van der Waals surface area contributed by atoms with Gasteiger partial charge in [-0.15, -0.1) is 10.2 Å². The maximum Gasteiger partial charge on any atom is 0.152 e. The summed E-state index contributed by atoms with van der Waals surface area (Å²) in [5.41, 5.74) is 1.33. The van der Waals surface area contributed by atoms with Gasteiger partial charge >= 0.3 is 0 Å². The molecule has 1 aliphatic heterocycles. The van der Waals surface area contributed by atoms with Gasteiger partial charge in [-0.05, 0) is 43.6 Å². The van der Waals surface area contributed by atoms with Crippen LogP contribution in [0.2, 0.25) is 0 Å². The summed E-state index contributed by atoms with van der Waals surface area (Å²) >= 11 is 0. The van der Waals surface area contributed by atoms with Crippen molar-refractivity contribution in [1.29, 1.82) is 0 Å². The Morgan fingerprint density at radius 2 is 1.85 bits per heavy atom. The Balaban J connectivity index is 1.34. The van der Waals surface area contributed by atoms with Crippen LogP contribution in [0.1, 0.15) is 36.0 Å². The average Bonchev–Trinajstić information content (AvgIpc) is 3.34. The van der Waals surface area contributed by atoms with Gasteiger partial charge in [-0.1, -0.05) is 12.1 Å². The molecule has 0 N–H and O–H groups in total. The predicted molar refractivity (Wildman–Crippen MR) is 103 cm³/mol. The summed E-state index contributed by atoms with van der Waals surface area (Å²) in [6.45, 7) is 3.86. The molecule has 3 heterocycles. The van der Waals surface area contributed by atoms with Gasteiger partial charge in [-0.2, -0.15) is 0 Å². The zero-order valence-corrected chi connectivity index (χ0v) is 16.0. The SMILES string of the molecule is COc1ccc(CN2CCC(c3nnc(Cn4ccnc4)n3C)CC2)cc1. The molecular weight excluding hydrogens is 340 g/mol. The van der Waals surface area contributed by atoms with Crippen LogP contribution >= 0.6 is 0 Å². The largest absolute Gasteiger partial charge is 0.497 e. The second-order valence-corrected chi connectivity index (χ2v) is 7.17. The van der Waals surface area contributed by atoms with Crippen LogP contribution in [0.15, 0.2) is 43.0 Å². The van der Waals surface area contributed by atoms with E-state index >= 15 is 0 Å². The van der Waals surface area contributed by atoms with E-state index in [0.29, 0.717) is 12.5 Å². The monoisotopic (exact) mass is 366 g/mol. The number of likely N-dealkylation sites (tertiary alicyclic amines) is 1. The second kappa shape index (κ2) is 7.92. The molecule has 4 rings (SSSR count). The normalized spacial score (nSPS) is 15.9. The number of ether oxygens (including phenoxy) is 1. The number of benzene rings is 1. The van der Waals surface area contributed by atoms with E-state index in [2.05, 4.69) is 43.8 Å². The van der Waals surface area contributed by atoms with Gasteiger partial charge in [0.1, 0.15) is 11.6 Å². The first-order valence-electron chi connectivity index (χ1n) is 9.42. The summed E-state index contributed by atoms with van der Waals surface area (Å²) in [4.78, 5) is 6.60. The van der Waals surface area contributed by atoms with Crippen LogP contribution in [0.3, 0.4) is 0 Å². The van der Waals surface area contributed by atoms with Crippen LogP contribution < -0.4 is 4.74 Å². The third kappa shape index (κ3) is 4.03. The second-order valence-electron chi connectivity index (χ2n) is 7.17.